The van der Waals surface area contributed by atoms with Crippen LogP contribution >= 0.6 is 0 Å². The number of anilines is 2. The van der Waals surface area contributed by atoms with E-state index >= 15 is 0 Å². The summed E-state index contributed by atoms with van der Waals surface area (Å²) in [6.07, 6.45) is -3.22. The molecule has 0 unspecified atom stereocenters. The fraction of sp³-hybridized carbons (Fsp3) is 0.0588. The maximum absolute atomic E-state index is 12.7. The summed E-state index contributed by atoms with van der Waals surface area (Å²) in [6.45, 7) is 0. The zero-order valence-corrected chi connectivity index (χ0v) is 12.6. The van der Waals surface area contributed by atoms with Crippen LogP contribution in [0.3, 0.4) is 0 Å². The molecule has 3 rings (SSSR count). The molecule has 124 valence electrons. The lowest BCUT2D eigenvalue weighted by atomic mass is 10.1. The molecule has 0 bridgehead atoms. The molecule has 0 radical (unpaired) electrons. The third kappa shape index (κ3) is 3.90. The van der Waals surface area contributed by atoms with Gasteiger partial charge >= 0.3 is 6.18 Å². The van der Waals surface area contributed by atoms with Crippen LogP contribution < -0.4 is 5.32 Å². The molecule has 3 aromatic rings. The molecule has 2 aromatic heterocycles. The van der Waals surface area contributed by atoms with Crippen molar-refractivity contribution in [2.24, 2.45) is 0 Å². The van der Waals surface area contributed by atoms with Gasteiger partial charge < -0.3 is 5.32 Å². The quantitative estimate of drug-likeness (QED) is 0.774. The van der Waals surface area contributed by atoms with Crippen molar-refractivity contribution in [3.05, 3.63) is 66.1 Å². The molecule has 0 saturated heterocycles. The SMILES string of the molecule is N#Cc1ccc(-c2cc(Nc3cccc(C(F)(F)F)n3)ncn2)cc1. The first-order valence-electron chi connectivity index (χ1n) is 7.09. The summed E-state index contributed by atoms with van der Waals surface area (Å²) in [5.41, 5.74) is 0.846. The highest BCUT2D eigenvalue weighted by Gasteiger charge is 2.32. The van der Waals surface area contributed by atoms with Crippen LogP contribution in [0.2, 0.25) is 0 Å². The van der Waals surface area contributed by atoms with Crippen LogP contribution in [0.4, 0.5) is 24.8 Å². The van der Waals surface area contributed by atoms with Gasteiger partial charge in [0.25, 0.3) is 0 Å². The number of nitrogens with zero attached hydrogens (tertiary/aromatic N) is 4. The summed E-state index contributed by atoms with van der Waals surface area (Å²) in [5.74, 6) is 0.334. The average molecular weight is 341 g/mol. The highest BCUT2D eigenvalue weighted by molar-refractivity contribution is 5.64. The number of pyridine rings is 1. The Bertz CT molecular complexity index is 930. The van der Waals surface area contributed by atoms with Gasteiger partial charge in [-0.25, -0.2) is 15.0 Å². The molecule has 0 atom stereocenters. The maximum atomic E-state index is 12.7. The zero-order chi connectivity index (χ0) is 17.9. The second kappa shape index (κ2) is 6.57. The van der Waals surface area contributed by atoms with E-state index in [1.807, 2.05) is 6.07 Å². The number of rotatable bonds is 3. The predicted molar refractivity (Wildman–Crippen MR) is 84.7 cm³/mol. The molecule has 0 fully saturated rings. The summed E-state index contributed by atoms with van der Waals surface area (Å²) in [5, 5.41) is 11.5. The van der Waals surface area contributed by atoms with Gasteiger partial charge in [0.05, 0.1) is 17.3 Å². The largest absolute Gasteiger partial charge is 0.433 e. The number of aromatic nitrogens is 3. The Hall–Kier alpha value is -3.47. The highest BCUT2D eigenvalue weighted by Crippen LogP contribution is 2.29. The number of benzene rings is 1. The molecular formula is C17H10F3N5. The normalized spacial score (nSPS) is 11.0. The van der Waals surface area contributed by atoms with Crippen LogP contribution in [0.5, 0.6) is 0 Å². The lowest BCUT2D eigenvalue weighted by Crippen LogP contribution is -2.09. The minimum Gasteiger partial charge on any atom is -0.325 e. The molecule has 2 heterocycles. The zero-order valence-electron chi connectivity index (χ0n) is 12.6. The van der Waals surface area contributed by atoms with E-state index in [1.54, 1.807) is 30.3 Å². The van der Waals surface area contributed by atoms with E-state index in [1.165, 1.54) is 18.5 Å². The summed E-state index contributed by atoms with van der Waals surface area (Å²) in [4.78, 5) is 11.7. The monoisotopic (exact) mass is 341 g/mol. The average Bonchev–Trinajstić information content (AvgIpc) is 2.61. The molecule has 8 heteroatoms. The van der Waals surface area contributed by atoms with E-state index in [4.69, 9.17) is 5.26 Å². The lowest BCUT2D eigenvalue weighted by molar-refractivity contribution is -0.141. The first kappa shape index (κ1) is 16.4. The molecule has 0 amide bonds. The Morgan fingerprint density at radius 3 is 2.40 bits per heavy atom. The van der Waals surface area contributed by atoms with Crippen LogP contribution in [0.1, 0.15) is 11.3 Å². The molecule has 0 saturated carbocycles. The van der Waals surface area contributed by atoms with Crippen molar-refractivity contribution < 1.29 is 13.2 Å². The van der Waals surface area contributed by atoms with Gasteiger partial charge in [-0.1, -0.05) is 18.2 Å². The molecule has 5 nitrogen and oxygen atoms in total. The number of halogens is 3. The third-order valence-electron chi connectivity index (χ3n) is 3.27. The van der Waals surface area contributed by atoms with Crippen LogP contribution in [0.15, 0.2) is 54.9 Å². The Morgan fingerprint density at radius 2 is 1.72 bits per heavy atom. The minimum absolute atomic E-state index is 0.0271. The van der Waals surface area contributed by atoms with E-state index in [0.717, 1.165) is 11.6 Å². The number of nitrogens with one attached hydrogen (secondary N) is 1. The van der Waals surface area contributed by atoms with Crippen LogP contribution in [0.25, 0.3) is 11.3 Å². The molecule has 0 aliphatic heterocycles. The lowest BCUT2D eigenvalue weighted by Gasteiger charge is -2.09. The summed E-state index contributed by atoms with van der Waals surface area (Å²) < 4.78 is 38.1. The predicted octanol–water partition coefficient (Wildman–Crippen LogP) is 4.17. The van der Waals surface area contributed by atoms with E-state index in [2.05, 4.69) is 20.3 Å². The topological polar surface area (TPSA) is 74.5 Å². The molecule has 0 spiro atoms. The van der Waals surface area contributed by atoms with Crippen LogP contribution in [0, 0.1) is 11.3 Å². The Balaban J connectivity index is 1.86. The van der Waals surface area contributed by atoms with Crippen molar-refractivity contribution in [1.82, 2.24) is 15.0 Å². The molecule has 1 aromatic carbocycles. The fourth-order valence-corrected chi connectivity index (χ4v) is 2.09. The van der Waals surface area contributed by atoms with Gasteiger partial charge in [-0.3, -0.25) is 0 Å². The number of alkyl halides is 3. The Labute approximate surface area is 140 Å². The molecule has 0 aliphatic carbocycles. The van der Waals surface area contributed by atoms with Gasteiger partial charge in [0.2, 0.25) is 0 Å². The van der Waals surface area contributed by atoms with Crippen LogP contribution in [-0.4, -0.2) is 15.0 Å². The minimum atomic E-state index is -4.52. The highest BCUT2D eigenvalue weighted by atomic mass is 19.4. The number of hydrogen-bond donors (Lipinski definition) is 1. The van der Waals surface area contributed by atoms with Crippen molar-refractivity contribution in [2.75, 3.05) is 5.32 Å². The summed E-state index contributed by atoms with van der Waals surface area (Å²) in [7, 11) is 0. The molecule has 25 heavy (non-hydrogen) atoms. The van der Waals surface area contributed by atoms with Gasteiger partial charge in [0, 0.05) is 11.6 Å². The van der Waals surface area contributed by atoms with E-state index in [-0.39, 0.29) is 5.82 Å². The van der Waals surface area contributed by atoms with Gasteiger partial charge in [-0.05, 0) is 24.3 Å². The first-order chi connectivity index (χ1) is 12.0. The second-order valence-corrected chi connectivity index (χ2v) is 5.01. The smallest absolute Gasteiger partial charge is 0.325 e. The summed E-state index contributed by atoms with van der Waals surface area (Å²) >= 11 is 0. The van der Waals surface area contributed by atoms with Crippen molar-refractivity contribution in [2.45, 2.75) is 6.18 Å². The van der Waals surface area contributed by atoms with E-state index in [9.17, 15) is 13.2 Å². The van der Waals surface area contributed by atoms with Gasteiger partial charge in [-0.15, -0.1) is 0 Å². The standard InChI is InChI=1S/C17H10F3N5/c18-17(19,20)14-2-1-3-15(24-14)25-16-8-13(22-10-23-16)12-6-4-11(9-21)5-7-12/h1-8,10H,(H,22,23,24,25). The van der Waals surface area contributed by atoms with E-state index < -0.39 is 11.9 Å². The number of nitriles is 1. The molecule has 1 N–H and O–H groups in total. The molecular weight excluding hydrogens is 331 g/mol. The molecule has 0 aliphatic rings. The second-order valence-electron chi connectivity index (χ2n) is 5.01. The number of hydrogen-bond acceptors (Lipinski definition) is 5. The van der Waals surface area contributed by atoms with E-state index in [0.29, 0.717) is 17.1 Å². The van der Waals surface area contributed by atoms with Crippen molar-refractivity contribution in [1.29, 1.82) is 5.26 Å². The van der Waals surface area contributed by atoms with Crippen LogP contribution in [-0.2, 0) is 6.18 Å². The summed E-state index contributed by atoms with van der Waals surface area (Å²) in [6, 6.07) is 13.9. The van der Waals surface area contributed by atoms with Crippen molar-refractivity contribution >= 4 is 11.6 Å². The van der Waals surface area contributed by atoms with Gasteiger partial charge in [0.1, 0.15) is 23.7 Å². The van der Waals surface area contributed by atoms with Gasteiger partial charge in [-0.2, -0.15) is 18.4 Å². The maximum Gasteiger partial charge on any atom is 0.433 e. The van der Waals surface area contributed by atoms with Crippen molar-refractivity contribution in [3.8, 4) is 17.3 Å². The first-order valence-corrected chi connectivity index (χ1v) is 7.09. The Kier molecular flexibility index (Phi) is 4.31. The Morgan fingerprint density at radius 1 is 0.960 bits per heavy atom. The van der Waals surface area contributed by atoms with Gasteiger partial charge in [0.15, 0.2) is 0 Å². The fourth-order valence-electron chi connectivity index (χ4n) is 2.09. The van der Waals surface area contributed by atoms with Crippen molar-refractivity contribution in [3.63, 3.8) is 0 Å². The third-order valence-corrected chi connectivity index (χ3v) is 3.27.